The lowest BCUT2D eigenvalue weighted by molar-refractivity contribution is 0.0396. The Hall–Kier alpha value is -2.50. The first-order chi connectivity index (χ1) is 14.5. The van der Waals surface area contributed by atoms with Crippen molar-refractivity contribution in [1.82, 2.24) is 20.4 Å². The lowest BCUT2D eigenvalue weighted by Gasteiger charge is -2.40. The minimum absolute atomic E-state index is 0.0206. The third kappa shape index (κ3) is 4.18. The maximum Gasteiger partial charge on any atom is 0.191 e. The first-order valence-electron chi connectivity index (χ1n) is 11.3. The van der Waals surface area contributed by atoms with Crippen molar-refractivity contribution in [3.05, 3.63) is 46.8 Å². The minimum Gasteiger partial charge on any atom is -0.487 e. The maximum atomic E-state index is 6.51. The summed E-state index contributed by atoms with van der Waals surface area (Å²) in [4.78, 5) is 4.90. The standard InChI is InChI=1S/C24H35N5O/c1-5-25-23(26-15-12-19-17(2)28-29(4)18(19)3)27-21-16-24(13-8-9-14-24)30-22-11-7-6-10-20(21)22/h6-7,10-11,21H,5,8-9,12-16H2,1-4H3,(H2,25,26,27). The lowest BCUT2D eigenvalue weighted by Crippen LogP contribution is -2.46. The predicted octanol–water partition coefficient (Wildman–Crippen LogP) is 3.97. The van der Waals surface area contributed by atoms with Crippen molar-refractivity contribution in [3.63, 3.8) is 0 Å². The molecule has 162 valence electrons. The van der Waals surface area contributed by atoms with Crippen molar-refractivity contribution in [1.29, 1.82) is 0 Å². The Kier molecular flexibility index (Phi) is 6.02. The van der Waals surface area contributed by atoms with Gasteiger partial charge in [-0.05, 0) is 64.5 Å². The number of nitrogens with zero attached hydrogens (tertiary/aromatic N) is 3. The van der Waals surface area contributed by atoms with Gasteiger partial charge in [0.05, 0.1) is 11.7 Å². The summed E-state index contributed by atoms with van der Waals surface area (Å²) >= 11 is 0. The number of hydrogen-bond donors (Lipinski definition) is 2. The number of hydrogen-bond acceptors (Lipinski definition) is 3. The van der Waals surface area contributed by atoms with Crippen molar-refractivity contribution in [2.45, 2.75) is 70.9 Å². The molecule has 0 amide bonds. The topological polar surface area (TPSA) is 63.5 Å². The molecule has 2 aromatic rings. The van der Waals surface area contributed by atoms with Crippen LogP contribution in [0.2, 0.25) is 0 Å². The van der Waals surface area contributed by atoms with Gasteiger partial charge in [0.25, 0.3) is 0 Å². The Bertz CT molecular complexity index is 910. The van der Waals surface area contributed by atoms with Crippen LogP contribution in [0.4, 0.5) is 0 Å². The van der Waals surface area contributed by atoms with Gasteiger partial charge in [0.1, 0.15) is 11.4 Å². The average molecular weight is 410 g/mol. The van der Waals surface area contributed by atoms with Crippen LogP contribution in [0.5, 0.6) is 5.75 Å². The molecular formula is C24H35N5O. The van der Waals surface area contributed by atoms with Gasteiger partial charge >= 0.3 is 0 Å². The number of aromatic nitrogens is 2. The molecule has 2 aliphatic rings. The maximum absolute atomic E-state index is 6.51. The summed E-state index contributed by atoms with van der Waals surface area (Å²) in [6, 6.07) is 8.68. The molecule has 2 heterocycles. The zero-order valence-corrected chi connectivity index (χ0v) is 18.8. The van der Waals surface area contributed by atoms with Crippen molar-refractivity contribution >= 4 is 5.96 Å². The van der Waals surface area contributed by atoms with E-state index < -0.39 is 0 Å². The van der Waals surface area contributed by atoms with E-state index in [0.29, 0.717) is 0 Å². The summed E-state index contributed by atoms with van der Waals surface area (Å²) in [6.07, 6.45) is 6.70. The number of guanidine groups is 1. The quantitative estimate of drug-likeness (QED) is 0.579. The largest absolute Gasteiger partial charge is 0.487 e. The third-order valence-electron chi connectivity index (χ3n) is 6.66. The second-order valence-corrected chi connectivity index (χ2v) is 8.71. The van der Waals surface area contributed by atoms with Crippen LogP contribution >= 0.6 is 0 Å². The molecule has 1 aliphatic carbocycles. The summed E-state index contributed by atoms with van der Waals surface area (Å²) in [5.74, 6) is 1.91. The van der Waals surface area contributed by atoms with Gasteiger partial charge in [0, 0.05) is 37.8 Å². The molecule has 0 bridgehead atoms. The fourth-order valence-electron chi connectivity index (χ4n) is 5.02. The monoisotopic (exact) mass is 409 g/mol. The van der Waals surface area contributed by atoms with Crippen LogP contribution in [0, 0.1) is 13.8 Å². The molecule has 1 unspecified atom stereocenters. The number of ether oxygens (including phenoxy) is 1. The van der Waals surface area contributed by atoms with Crippen LogP contribution in [0.3, 0.4) is 0 Å². The predicted molar refractivity (Wildman–Crippen MR) is 121 cm³/mol. The van der Waals surface area contributed by atoms with E-state index in [1.165, 1.54) is 29.7 Å². The van der Waals surface area contributed by atoms with Gasteiger partial charge in [0.15, 0.2) is 5.96 Å². The molecule has 1 aromatic heterocycles. The summed E-state index contributed by atoms with van der Waals surface area (Å²) in [6.45, 7) is 7.90. The highest BCUT2D eigenvalue weighted by Gasteiger charge is 2.43. The molecule has 30 heavy (non-hydrogen) atoms. The van der Waals surface area contributed by atoms with Crippen LogP contribution in [0.25, 0.3) is 0 Å². The number of para-hydroxylation sites is 1. The Labute approximate surface area is 180 Å². The molecule has 2 N–H and O–H groups in total. The highest BCUT2D eigenvalue weighted by atomic mass is 16.5. The molecule has 0 radical (unpaired) electrons. The fourth-order valence-corrected chi connectivity index (χ4v) is 5.02. The minimum atomic E-state index is -0.0206. The van der Waals surface area contributed by atoms with E-state index in [9.17, 15) is 0 Å². The second kappa shape index (κ2) is 8.70. The van der Waals surface area contributed by atoms with Gasteiger partial charge in [-0.25, -0.2) is 0 Å². The van der Waals surface area contributed by atoms with Gasteiger partial charge < -0.3 is 15.4 Å². The Morgan fingerprint density at radius 2 is 2.03 bits per heavy atom. The molecule has 1 aromatic carbocycles. The van der Waals surface area contributed by atoms with E-state index in [-0.39, 0.29) is 11.6 Å². The Morgan fingerprint density at radius 1 is 1.27 bits per heavy atom. The van der Waals surface area contributed by atoms with E-state index in [1.807, 2.05) is 11.7 Å². The van der Waals surface area contributed by atoms with Crippen molar-refractivity contribution in [2.75, 3.05) is 13.1 Å². The normalized spacial score (nSPS) is 20.1. The molecule has 1 fully saturated rings. The van der Waals surface area contributed by atoms with E-state index in [2.05, 4.69) is 60.8 Å². The molecule has 1 spiro atoms. The van der Waals surface area contributed by atoms with Gasteiger partial charge in [-0.2, -0.15) is 5.10 Å². The number of aryl methyl sites for hydroxylation is 2. The average Bonchev–Trinajstić information content (AvgIpc) is 3.27. The SMILES string of the molecule is CCNC(=NCCc1c(C)nn(C)c1C)NC1CC2(CCCC2)Oc2ccccc21. The van der Waals surface area contributed by atoms with Crippen LogP contribution in [-0.2, 0) is 13.5 Å². The molecule has 6 heteroatoms. The molecule has 1 saturated carbocycles. The third-order valence-corrected chi connectivity index (χ3v) is 6.66. The number of rotatable bonds is 5. The van der Waals surface area contributed by atoms with Crippen molar-refractivity contribution in [3.8, 4) is 5.75 Å². The number of aliphatic imine (C=N–C) groups is 1. The van der Waals surface area contributed by atoms with Crippen LogP contribution in [0.1, 0.15) is 67.6 Å². The molecular weight excluding hydrogens is 374 g/mol. The zero-order valence-electron chi connectivity index (χ0n) is 18.8. The zero-order chi connectivity index (χ0) is 21.1. The Balaban J connectivity index is 1.51. The van der Waals surface area contributed by atoms with Gasteiger partial charge in [-0.1, -0.05) is 18.2 Å². The fraction of sp³-hybridized carbons (Fsp3) is 0.583. The van der Waals surface area contributed by atoms with Gasteiger partial charge in [-0.3, -0.25) is 9.67 Å². The number of fused-ring (bicyclic) bond motifs is 1. The first-order valence-corrected chi connectivity index (χ1v) is 11.3. The van der Waals surface area contributed by atoms with E-state index >= 15 is 0 Å². The summed E-state index contributed by atoms with van der Waals surface area (Å²) < 4.78 is 8.47. The molecule has 6 nitrogen and oxygen atoms in total. The molecule has 1 atom stereocenters. The van der Waals surface area contributed by atoms with Gasteiger partial charge in [0.2, 0.25) is 0 Å². The number of nitrogens with one attached hydrogen (secondary N) is 2. The van der Waals surface area contributed by atoms with Crippen LogP contribution < -0.4 is 15.4 Å². The molecule has 4 rings (SSSR count). The smallest absolute Gasteiger partial charge is 0.191 e. The summed E-state index contributed by atoms with van der Waals surface area (Å²) in [5.41, 5.74) is 4.85. The van der Waals surface area contributed by atoms with E-state index in [1.54, 1.807) is 0 Å². The highest BCUT2D eigenvalue weighted by molar-refractivity contribution is 5.80. The van der Waals surface area contributed by atoms with E-state index in [0.717, 1.165) is 56.2 Å². The van der Waals surface area contributed by atoms with Crippen LogP contribution in [0.15, 0.2) is 29.3 Å². The van der Waals surface area contributed by atoms with Crippen molar-refractivity contribution < 1.29 is 4.74 Å². The lowest BCUT2D eigenvalue weighted by atomic mass is 9.86. The van der Waals surface area contributed by atoms with Crippen LogP contribution in [-0.4, -0.2) is 34.4 Å². The van der Waals surface area contributed by atoms with Crippen molar-refractivity contribution in [2.24, 2.45) is 12.0 Å². The first kappa shape index (κ1) is 20.8. The number of benzene rings is 1. The van der Waals surface area contributed by atoms with E-state index in [4.69, 9.17) is 9.73 Å². The molecule has 1 aliphatic heterocycles. The second-order valence-electron chi connectivity index (χ2n) is 8.71. The Morgan fingerprint density at radius 3 is 2.73 bits per heavy atom. The summed E-state index contributed by atoms with van der Waals surface area (Å²) in [7, 11) is 2.00. The molecule has 0 saturated heterocycles. The van der Waals surface area contributed by atoms with Gasteiger partial charge in [-0.15, -0.1) is 0 Å². The summed E-state index contributed by atoms with van der Waals surface area (Å²) in [5, 5.41) is 11.7. The highest BCUT2D eigenvalue weighted by Crippen LogP contribution is 2.46.